The van der Waals surface area contributed by atoms with Crippen molar-refractivity contribution in [1.82, 2.24) is 10.2 Å². The van der Waals surface area contributed by atoms with Gasteiger partial charge in [0.2, 0.25) is 0 Å². The molecule has 0 spiro atoms. The minimum Gasteiger partial charge on any atom is -0.490 e. The largest absolute Gasteiger partial charge is 0.490 e. The molecule has 1 unspecified atom stereocenters. The third-order valence-corrected chi connectivity index (χ3v) is 7.64. The number of aliphatic hydroxyl groups is 1. The first-order valence-electron chi connectivity index (χ1n) is 14.5. The van der Waals surface area contributed by atoms with Gasteiger partial charge in [-0.15, -0.1) is 0 Å². The highest BCUT2D eigenvalue weighted by molar-refractivity contribution is 5.96. The summed E-state index contributed by atoms with van der Waals surface area (Å²) in [4.78, 5) is 27.5. The van der Waals surface area contributed by atoms with Crippen LogP contribution in [0.2, 0.25) is 0 Å². The van der Waals surface area contributed by atoms with E-state index in [9.17, 15) is 9.59 Å². The van der Waals surface area contributed by atoms with Gasteiger partial charge in [-0.25, -0.2) is 0 Å². The van der Waals surface area contributed by atoms with Crippen LogP contribution < -0.4 is 20.5 Å². The Morgan fingerprint density at radius 1 is 1.15 bits per heavy atom. The highest BCUT2D eigenvalue weighted by Crippen LogP contribution is 2.25. The number of nitrogens with one attached hydrogen (secondary N) is 1. The first kappa shape index (κ1) is 30.4. The molecule has 1 amide bonds. The number of Topliss-reactive ketones (excluding diaryl/α,β-unsaturated/α-hetero) is 1. The summed E-state index contributed by atoms with van der Waals surface area (Å²) in [6.45, 7) is 9.31. The van der Waals surface area contributed by atoms with Crippen LogP contribution >= 0.6 is 0 Å². The smallest absolute Gasteiger partial charge is 0.251 e. The van der Waals surface area contributed by atoms with Crippen molar-refractivity contribution in [2.24, 2.45) is 5.92 Å². The number of benzene rings is 2. The highest BCUT2D eigenvalue weighted by atomic mass is 16.5. The summed E-state index contributed by atoms with van der Waals surface area (Å²) in [6, 6.07) is 11.3. The lowest BCUT2D eigenvalue weighted by molar-refractivity contribution is 0.0942. The van der Waals surface area contributed by atoms with Crippen molar-refractivity contribution in [3.05, 3.63) is 63.5 Å². The fourth-order valence-electron chi connectivity index (χ4n) is 5.50. The van der Waals surface area contributed by atoms with E-state index < -0.39 is 0 Å². The molecule has 0 heterocycles. The van der Waals surface area contributed by atoms with Gasteiger partial charge < -0.3 is 20.1 Å². The molecule has 1 atom stereocenters. The molecular formula is C33H46N2O4. The second-order valence-electron chi connectivity index (χ2n) is 10.9. The number of rotatable bonds is 15. The molecule has 1 saturated carbocycles. The van der Waals surface area contributed by atoms with Crippen molar-refractivity contribution in [2.75, 3.05) is 26.7 Å². The van der Waals surface area contributed by atoms with Crippen LogP contribution in [0.25, 0.3) is 12.8 Å². The van der Waals surface area contributed by atoms with E-state index >= 15 is 0 Å². The van der Waals surface area contributed by atoms with Crippen LogP contribution in [-0.4, -0.2) is 54.5 Å². The molecule has 0 aromatic heterocycles. The number of carbonyl (C=O) groups is 2. The molecule has 39 heavy (non-hydrogen) atoms. The summed E-state index contributed by atoms with van der Waals surface area (Å²) < 4.78 is 6.03. The molecular weight excluding hydrogens is 488 g/mol. The third kappa shape index (κ3) is 9.24. The van der Waals surface area contributed by atoms with E-state index in [1.165, 1.54) is 12.8 Å². The van der Waals surface area contributed by atoms with Crippen molar-refractivity contribution in [2.45, 2.75) is 77.7 Å². The van der Waals surface area contributed by atoms with Crippen LogP contribution in [0.4, 0.5) is 0 Å². The van der Waals surface area contributed by atoms with Crippen molar-refractivity contribution in [3.63, 3.8) is 0 Å². The maximum Gasteiger partial charge on any atom is 0.251 e. The molecule has 1 fully saturated rings. The summed E-state index contributed by atoms with van der Waals surface area (Å²) >= 11 is 0. The van der Waals surface area contributed by atoms with E-state index in [2.05, 4.69) is 37.0 Å². The molecule has 6 nitrogen and oxygen atoms in total. The van der Waals surface area contributed by atoms with Crippen LogP contribution in [0, 0.1) is 12.8 Å². The van der Waals surface area contributed by atoms with Gasteiger partial charge in [-0.2, -0.15) is 0 Å². The number of ether oxygens (including phenoxy) is 1. The Morgan fingerprint density at radius 3 is 2.54 bits per heavy atom. The zero-order valence-corrected chi connectivity index (χ0v) is 24.0. The van der Waals surface area contributed by atoms with E-state index in [4.69, 9.17) is 9.84 Å². The third-order valence-electron chi connectivity index (χ3n) is 7.64. The average Bonchev–Trinajstić information content (AvgIpc) is 3.43. The zero-order valence-electron chi connectivity index (χ0n) is 24.0. The van der Waals surface area contributed by atoms with E-state index in [1.54, 1.807) is 6.07 Å². The zero-order chi connectivity index (χ0) is 28.2. The first-order chi connectivity index (χ1) is 18.8. The molecule has 1 aliphatic carbocycles. The summed E-state index contributed by atoms with van der Waals surface area (Å²) in [5.41, 5.74) is 2.23. The molecule has 2 aromatic rings. The molecule has 0 saturated heterocycles. The number of amides is 1. The molecule has 1 aliphatic rings. The quantitative estimate of drug-likeness (QED) is 0.327. The minimum atomic E-state index is -0.191. The summed E-state index contributed by atoms with van der Waals surface area (Å²) in [5, 5.41) is 13.6. The monoisotopic (exact) mass is 534 g/mol. The van der Waals surface area contributed by atoms with Crippen molar-refractivity contribution >= 4 is 24.5 Å². The van der Waals surface area contributed by atoms with Crippen molar-refractivity contribution in [3.8, 4) is 5.75 Å². The Labute approximate surface area is 233 Å². The van der Waals surface area contributed by atoms with Gasteiger partial charge in [-0.3, -0.25) is 9.59 Å². The number of hydrogen-bond acceptors (Lipinski definition) is 5. The van der Waals surface area contributed by atoms with E-state index in [0.29, 0.717) is 24.0 Å². The molecule has 2 N–H and O–H groups in total. The van der Waals surface area contributed by atoms with Gasteiger partial charge in [-0.1, -0.05) is 26.0 Å². The average molecular weight is 535 g/mol. The number of nitrogens with zero attached hydrogens (tertiary/aromatic N) is 1. The summed E-state index contributed by atoms with van der Waals surface area (Å²) in [7, 11) is 2.06. The predicted molar refractivity (Wildman–Crippen MR) is 158 cm³/mol. The normalized spacial score (nSPS) is 14.8. The molecule has 212 valence electrons. The minimum absolute atomic E-state index is 0.0913. The molecule has 2 aromatic carbocycles. The van der Waals surface area contributed by atoms with Gasteiger partial charge in [-0.05, 0) is 98.9 Å². The van der Waals surface area contributed by atoms with Crippen LogP contribution in [0.1, 0.15) is 91.0 Å². The maximum atomic E-state index is 12.8. The van der Waals surface area contributed by atoms with E-state index in [-0.39, 0.29) is 24.8 Å². The van der Waals surface area contributed by atoms with E-state index in [1.807, 2.05) is 37.3 Å². The Balaban J connectivity index is 1.56. The molecule has 0 aliphatic heterocycles. The first-order valence-corrected chi connectivity index (χ1v) is 14.5. The predicted octanol–water partition coefficient (Wildman–Crippen LogP) is 4.59. The van der Waals surface area contributed by atoms with Crippen molar-refractivity contribution < 1.29 is 19.4 Å². The summed E-state index contributed by atoms with van der Waals surface area (Å²) in [6.07, 6.45) is 11.7. The standard InChI is InChI=1S/C33H46N2O4/c1-5-9-26(10-8-13-32(37)27-15-17-29(18-16-27)39-28-11-6-7-12-28)22-35(4)23-31-24(2)14-19-30(25(31)3)33(38)34-20-21-36/h14-19,23,26,28,36H,2,5-13,20-22H2,1,3-4H3,(H,34,38)/b31-23+. The second-order valence-corrected chi connectivity index (χ2v) is 10.9. The lowest BCUT2D eigenvalue weighted by atomic mass is 9.94. The Hall–Kier alpha value is -3.12. The number of ketones is 1. The maximum absolute atomic E-state index is 12.8. The molecule has 6 heteroatoms. The summed E-state index contributed by atoms with van der Waals surface area (Å²) in [5.74, 6) is 1.32. The number of aliphatic hydroxyl groups excluding tert-OH is 1. The molecule has 0 bridgehead atoms. The van der Waals surface area contributed by atoms with Crippen LogP contribution in [0.3, 0.4) is 0 Å². The molecule has 3 rings (SSSR count). The fourth-order valence-corrected chi connectivity index (χ4v) is 5.50. The van der Waals surface area contributed by atoms with Gasteiger partial charge in [0.1, 0.15) is 5.75 Å². The SMILES string of the molecule is C=c1ccc(C(=O)NCCO)c(C)/c1=C/N(C)CC(CCC)CCCC(=O)c1ccc(OC2CCCC2)cc1. The Morgan fingerprint density at radius 2 is 1.87 bits per heavy atom. The topological polar surface area (TPSA) is 78.9 Å². The lowest BCUT2D eigenvalue weighted by Gasteiger charge is -2.23. The lowest BCUT2D eigenvalue weighted by Crippen LogP contribution is -2.35. The van der Waals surface area contributed by atoms with Gasteiger partial charge in [0, 0.05) is 49.1 Å². The Bertz CT molecular complexity index is 1190. The van der Waals surface area contributed by atoms with E-state index in [0.717, 1.165) is 72.4 Å². The van der Waals surface area contributed by atoms with Gasteiger partial charge >= 0.3 is 0 Å². The van der Waals surface area contributed by atoms with Gasteiger partial charge in [0.05, 0.1) is 12.7 Å². The van der Waals surface area contributed by atoms with Crippen LogP contribution in [0.15, 0.2) is 36.4 Å². The number of carbonyl (C=O) groups excluding carboxylic acids is 2. The Kier molecular flexibility index (Phi) is 12.1. The highest BCUT2D eigenvalue weighted by Gasteiger charge is 2.17. The van der Waals surface area contributed by atoms with Gasteiger partial charge in [0.25, 0.3) is 5.91 Å². The fraction of sp³-hybridized carbons (Fsp3) is 0.515. The van der Waals surface area contributed by atoms with Gasteiger partial charge in [0.15, 0.2) is 5.78 Å². The number of hydrogen-bond donors (Lipinski definition) is 2. The van der Waals surface area contributed by atoms with Crippen molar-refractivity contribution in [1.29, 1.82) is 0 Å². The second kappa shape index (κ2) is 15.5. The molecule has 0 radical (unpaired) electrons. The van der Waals surface area contributed by atoms with Crippen LogP contribution in [0.5, 0.6) is 5.75 Å². The van der Waals surface area contributed by atoms with Crippen LogP contribution in [-0.2, 0) is 0 Å².